The second-order valence-electron chi connectivity index (χ2n) is 5.52. The van der Waals surface area contributed by atoms with E-state index in [1.807, 2.05) is 39.8 Å². The Morgan fingerprint density at radius 1 is 1.32 bits per heavy atom. The summed E-state index contributed by atoms with van der Waals surface area (Å²) >= 11 is 0. The third-order valence-electron chi connectivity index (χ3n) is 2.63. The van der Waals surface area contributed by atoms with Crippen LogP contribution in [-0.2, 0) is 14.3 Å². The van der Waals surface area contributed by atoms with Crippen molar-refractivity contribution >= 4 is 11.7 Å². The fourth-order valence-electron chi connectivity index (χ4n) is 1.58. The Kier molecular flexibility index (Phi) is 5.36. The summed E-state index contributed by atoms with van der Waals surface area (Å²) in [4.78, 5) is 11.9. The summed E-state index contributed by atoms with van der Waals surface area (Å²) < 4.78 is 10.7. The van der Waals surface area contributed by atoms with Gasteiger partial charge in [-0.1, -0.05) is 12.1 Å². The van der Waals surface area contributed by atoms with E-state index in [9.17, 15) is 4.79 Å². The Labute approximate surface area is 114 Å². The van der Waals surface area contributed by atoms with E-state index in [0.717, 1.165) is 5.56 Å². The van der Waals surface area contributed by atoms with Gasteiger partial charge in [0.15, 0.2) is 0 Å². The molecule has 0 amide bonds. The van der Waals surface area contributed by atoms with Crippen molar-refractivity contribution in [3.05, 3.63) is 29.8 Å². The molecule has 1 atom stereocenters. The first-order valence-electron chi connectivity index (χ1n) is 6.45. The van der Waals surface area contributed by atoms with E-state index in [0.29, 0.717) is 12.3 Å². The summed E-state index contributed by atoms with van der Waals surface area (Å²) in [7, 11) is 0. The molecule has 0 bridgehead atoms. The zero-order valence-electron chi connectivity index (χ0n) is 12.1. The topological polar surface area (TPSA) is 61.5 Å². The zero-order valence-corrected chi connectivity index (χ0v) is 12.1. The minimum atomic E-state index is -0.321. The second kappa shape index (κ2) is 6.57. The number of nitrogen functional groups attached to an aromatic ring is 1. The summed E-state index contributed by atoms with van der Waals surface area (Å²) in [5.41, 5.74) is 6.99. The highest BCUT2D eigenvalue weighted by Gasteiger charge is 2.17. The lowest BCUT2D eigenvalue weighted by molar-refractivity contribution is -0.148. The molecule has 4 nitrogen and oxygen atoms in total. The lowest BCUT2D eigenvalue weighted by Gasteiger charge is -2.19. The van der Waals surface area contributed by atoms with E-state index in [2.05, 4.69) is 0 Å². The number of nitrogens with two attached hydrogens (primary N) is 1. The van der Waals surface area contributed by atoms with Gasteiger partial charge in [0, 0.05) is 5.69 Å². The molecule has 1 rings (SSSR count). The van der Waals surface area contributed by atoms with Crippen molar-refractivity contribution in [2.75, 3.05) is 18.9 Å². The largest absolute Gasteiger partial charge is 0.463 e. The van der Waals surface area contributed by atoms with Crippen molar-refractivity contribution in [1.29, 1.82) is 0 Å². The van der Waals surface area contributed by atoms with Gasteiger partial charge in [-0.05, 0) is 45.4 Å². The molecule has 0 aliphatic rings. The third kappa shape index (κ3) is 5.75. The molecule has 0 heterocycles. The number of ether oxygens (including phenoxy) is 2. The Morgan fingerprint density at radius 2 is 2.00 bits per heavy atom. The average molecular weight is 265 g/mol. The zero-order chi connectivity index (χ0) is 14.5. The van der Waals surface area contributed by atoms with E-state index in [-0.39, 0.29) is 24.1 Å². The molecule has 0 fully saturated rings. The number of carbonyl (C=O) groups is 1. The number of benzene rings is 1. The van der Waals surface area contributed by atoms with Crippen molar-refractivity contribution in [2.45, 2.75) is 39.2 Å². The molecule has 106 valence electrons. The summed E-state index contributed by atoms with van der Waals surface area (Å²) in [6.45, 7) is 8.36. The van der Waals surface area contributed by atoms with E-state index in [1.54, 1.807) is 12.1 Å². The maximum absolute atomic E-state index is 11.9. The molecule has 2 N–H and O–H groups in total. The molecule has 1 aromatic carbocycles. The molecule has 4 heteroatoms. The number of carbonyl (C=O) groups excluding carboxylic acids is 1. The molecule has 19 heavy (non-hydrogen) atoms. The Hall–Kier alpha value is -1.55. The van der Waals surface area contributed by atoms with Crippen LogP contribution in [0.5, 0.6) is 0 Å². The molecule has 0 radical (unpaired) electrons. The minimum Gasteiger partial charge on any atom is -0.463 e. The van der Waals surface area contributed by atoms with Gasteiger partial charge in [0.05, 0.1) is 18.1 Å². The van der Waals surface area contributed by atoms with Gasteiger partial charge in [-0.25, -0.2) is 0 Å². The van der Waals surface area contributed by atoms with Crippen LogP contribution in [0.1, 0.15) is 39.2 Å². The van der Waals surface area contributed by atoms with Gasteiger partial charge in [-0.2, -0.15) is 0 Å². The normalized spacial score (nSPS) is 13.1. The van der Waals surface area contributed by atoms with Gasteiger partial charge >= 0.3 is 5.97 Å². The number of hydrogen-bond donors (Lipinski definition) is 1. The highest BCUT2D eigenvalue weighted by atomic mass is 16.6. The Balaban J connectivity index is 2.41. The molecule has 0 aromatic heterocycles. The Morgan fingerprint density at radius 3 is 2.58 bits per heavy atom. The van der Waals surface area contributed by atoms with Crippen molar-refractivity contribution in [3.8, 4) is 0 Å². The van der Waals surface area contributed by atoms with Crippen LogP contribution < -0.4 is 5.73 Å². The molecule has 1 unspecified atom stereocenters. The quantitative estimate of drug-likeness (QED) is 0.505. The smallest absolute Gasteiger partial charge is 0.313 e. The van der Waals surface area contributed by atoms with Crippen LogP contribution in [0.15, 0.2) is 24.3 Å². The molecular weight excluding hydrogens is 242 g/mol. The third-order valence-corrected chi connectivity index (χ3v) is 2.63. The summed E-state index contributed by atoms with van der Waals surface area (Å²) in [5.74, 6) is -0.582. The van der Waals surface area contributed by atoms with E-state index in [4.69, 9.17) is 15.2 Å². The monoisotopic (exact) mass is 265 g/mol. The second-order valence-corrected chi connectivity index (χ2v) is 5.52. The lowest BCUT2D eigenvalue weighted by Crippen LogP contribution is -2.23. The minimum absolute atomic E-state index is 0.216. The molecule has 0 aliphatic heterocycles. The first-order chi connectivity index (χ1) is 8.79. The lowest BCUT2D eigenvalue weighted by atomic mass is 10.0. The number of rotatable bonds is 5. The van der Waals surface area contributed by atoms with Crippen LogP contribution in [-0.4, -0.2) is 24.8 Å². The van der Waals surface area contributed by atoms with Gasteiger partial charge in [0.1, 0.15) is 6.61 Å². The van der Waals surface area contributed by atoms with Crippen LogP contribution in [0.2, 0.25) is 0 Å². The molecule has 0 saturated carbocycles. The van der Waals surface area contributed by atoms with Gasteiger partial charge in [-0.3, -0.25) is 4.79 Å². The molecule has 0 saturated heterocycles. The van der Waals surface area contributed by atoms with Crippen molar-refractivity contribution < 1.29 is 14.3 Å². The van der Waals surface area contributed by atoms with Crippen molar-refractivity contribution in [3.63, 3.8) is 0 Å². The van der Waals surface area contributed by atoms with Crippen LogP contribution in [0.4, 0.5) is 5.69 Å². The maximum atomic E-state index is 11.9. The van der Waals surface area contributed by atoms with Gasteiger partial charge in [0.25, 0.3) is 0 Å². The number of esters is 1. The predicted molar refractivity (Wildman–Crippen MR) is 75.9 cm³/mol. The predicted octanol–water partition coefficient (Wildman–Crippen LogP) is 2.73. The first-order valence-corrected chi connectivity index (χ1v) is 6.45. The van der Waals surface area contributed by atoms with E-state index in [1.165, 1.54) is 0 Å². The molecule has 1 aromatic rings. The van der Waals surface area contributed by atoms with Crippen LogP contribution in [0, 0.1) is 0 Å². The Bertz CT molecular complexity index is 424. The average Bonchev–Trinajstić information content (AvgIpc) is 2.32. The number of hydrogen-bond acceptors (Lipinski definition) is 4. The molecule has 0 spiro atoms. The van der Waals surface area contributed by atoms with Crippen LogP contribution in [0.25, 0.3) is 0 Å². The van der Waals surface area contributed by atoms with E-state index < -0.39 is 0 Å². The van der Waals surface area contributed by atoms with Crippen molar-refractivity contribution in [1.82, 2.24) is 0 Å². The standard InChI is InChI=1S/C15H23NO3/c1-11(12-6-5-7-13(16)10-12)14(17)18-8-9-19-15(2,3)4/h5-7,10-11H,8-9,16H2,1-4H3. The van der Waals surface area contributed by atoms with Gasteiger partial charge < -0.3 is 15.2 Å². The number of anilines is 1. The maximum Gasteiger partial charge on any atom is 0.313 e. The van der Waals surface area contributed by atoms with Gasteiger partial charge in [0.2, 0.25) is 0 Å². The SMILES string of the molecule is CC(C(=O)OCCOC(C)(C)C)c1cccc(N)c1. The fourth-order valence-corrected chi connectivity index (χ4v) is 1.58. The summed E-state index contributed by atoms with van der Waals surface area (Å²) in [5, 5.41) is 0. The highest BCUT2D eigenvalue weighted by Crippen LogP contribution is 2.19. The first kappa shape index (κ1) is 15.5. The van der Waals surface area contributed by atoms with Crippen LogP contribution in [0.3, 0.4) is 0 Å². The van der Waals surface area contributed by atoms with Crippen LogP contribution >= 0.6 is 0 Å². The molecule has 0 aliphatic carbocycles. The summed E-state index contributed by atoms with van der Waals surface area (Å²) in [6.07, 6.45) is 0. The highest BCUT2D eigenvalue weighted by molar-refractivity contribution is 5.78. The van der Waals surface area contributed by atoms with Gasteiger partial charge in [-0.15, -0.1) is 0 Å². The molecular formula is C15H23NO3. The van der Waals surface area contributed by atoms with E-state index >= 15 is 0 Å². The summed E-state index contributed by atoms with van der Waals surface area (Å²) in [6, 6.07) is 7.28. The van der Waals surface area contributed by atoms with Crippen molar-refractivity contribution in [2.24, 2.45) is 0 Å². The fraction of sp³-hybridized carbons (Fsp3) is 0.533.